The summed E-state index contributed by atoms with van der Waals surface area (Å²) in [6.45, 7) is 0. The van der Waals surface area contributed by atoms with Crippen molar-refractivity contribution < 1.29 is 0 Å². The van der Waals surface area contributed by atoms with Gasteiger partial charge in [0.05, 0.1) is 11.6 Å². The molecule has 0 bridgehead atoms. The van der Waals surface area contributed by atoms with Crippen LogP contribution in [-0.2, 0) is 6.42 Å². The minimum atomic E-state index is 0.730. The summed E-state index contributed by atoms with van der Waals surface area (Å²) < 4.78 is 0. The second kappa shape index (κ2) is 7.25. The predicted octanol–water partition coefficient (Wildman–Crippen LogP) is 3.83. The smallest absolute Gasteiger partial charge is 0.0991 e. The van der Waals surface area contributed by atoms with Gasteiger partial charge in [0.25, 0.3) is 0 Å². The molecule has 0 aliphatic heterocycles. The summed E-state index contributed by atoms with van der Waals surface area (Å²) in [6.07, 6.45) is 7.61. The summed E-state index contributed by atoms with van der Waals surface area (Å²) in [5.74, 6) is 0. The van der Waals surface area contributed by atoms with E-state index in [1.165, 1.54) is 5.56 Å². The molecule has 0 aromatic heterocycles. The van der Waals surface area contributed by atoms with Gasteiger partial charge in [0.15, 0.2) is 0 Å². The lowest BCUT2D eigenvalue weighted by atomic mass is 10.1. The first-order chi connectivity index (χ1) is 7.36. The Labute approximate surface area is 99.6 Å². The molecule has 0 radical (unpaired) electrons. The number of hydrogen-bond acceptors (Lipinski definition) is 1. The lowest BCUT2D eigenvalue weighted by Gasteiger charge is -1.97. The number of rotatable bonds is 5. The number of aryl methyl sites for hydroxylation is 1. The van der Waals surface area contributed by atoms with Crippen LogP contribution in [0.3, 0.4) is 0 Å². The number of allylic oxidation sites excluding steroid dienone is 2. The van der Waals surface area contributed by atoms with Crippen LogP contribution in [0.5, 0.6) is 0 Å². The fraction of sp³-hybridized carbons (Fsp3) is 0.308. The summed E-state index contributed by atoms with van der Waals surface area (Å²) in [5.41, 5.74) is 2.02. The summed E-state index contributed by atoms with van der Waals surface area (Å²) in [7, 11) is 0. The van der Waals surface area contributed by atoms with Crippen molar-refractivity contribution in [2.24, 2.45) is 0 Å². The molecule has 0 N–H and O–H groups in total. The maximum absolute atomic E-state index is 8.64. The number of nitriles is 1. The monoisotopic (exact) mass is 263 g/mol. The van der Waals surface area contributed by atoms with Crippen LogP contribution >= 0.6 is 15.9 Å². The number of alkyl halides is 1. The van der Waals surface area contributed by atoms with E-state index in [1.54, 1.807) is 0 Å². The number of halogens is 1. The van der Waals surface area contributed by atoms with Crippen molar-refractivity contribution in [3.05, 3.63) is 47.5 Å². The molecule has 0 aliphatic carbocycles. The molecular formula is C13H14BrN. The first-order valence-corrected chi connectivity index (χ1v) is 6.19. The van der Waals surface area contributed by atoms with E-state index < -0.39 is 0 Å². The quantitative estimate of drug-likeness (QED) is 0.585. The zero-order valence-electron chi connectivity index (χ0n) is 8.62. The van der Waals surface area contributed by atoms with E-state index in [0.29, 0.717) is 0 Å². The number of nitrogens with zero attached hydrogens (tertiary/aromatic N) is 1. The highest BCUT2D eigenvalue weighted by atomic mass is 79.9. The Balaban J connectivity index is 2.35. The molecule has 78 valence electrons. The molecule has 2 heteroatoms. The maximum Gasteiger partial charge on any atom is 0.0991 e. The van der Waals surface area contributed by atoms with Gasteiger partial charge in [0.2, 0.25) is 0 Å². The van der Waals surface area contributed by atoms with Crippen molar-refractivity contribution in [2.75, 3.05) is 5.33 Å². The fourth-order valence-corrected chi connectivity index (χ4v) is 1.56. The molecule has 1 aromatic rings. The van der Waals surface area contributed by atoms with Crippen LogP contribution in [0.15, 0.2) is 36.4 Å². The van der Waals surface area contributed by atoms with Gasteiger partial charge in [-0.1, -0.05) is 40.2 Å². The van der Waals surface area contributed by atoms with Gasteiger partial charge in [-0.3, -0.25) is 0 Å². The average molecular weight is 264 g/mol. The van der Waals surface area contributed by atoms with Gasteiger partial charge >= 0.3 is 0 Å². The number of hydrogen-bond donors (Lipinski definition) is 0. The standard InChI is InChI=1S/C13H14BrN/c14-10-4-2-1-3-5-12-6-8-13(11-15)9-7-12/h1-2,6-9H,3-5,10H2/b2-1+. The van der Waals surface area contributed by atoms with Gasteiger partial charge in [-0.15, -0.1) is 0 Å². The van der Waals surface area contributed by atoms with Crippen LogP contribution in [-0.4, -0.2) is 5.33 Å². The highest BCUT2D eigenvalue weighted by molar-refractivity contribution is 9.09. The van der Waals surface area contributed by atoms with E-state index in [-0.39, 0.29) is 0 Å². The Kier molecular flexibility index (Phi) is 5.80. The van der Waals surface area contributed by atoms with Crippen molar-refractivity contribution >= 4 is 15.9 Å². The molecule has 1 nitrogen and oxygen atoms in total. The Morgan fingerprint density at radius 1 is 1.13 bits per heavy atom. The maximum atomic E-state index is 8.64. The van der Waals surface area contributed by atoms with Crippen LogP contribution in [0.2, 0.25) is 0 Å². The van der Waals surface area contributed by atoms with E-state index in [9.17, 15) is 0 Å². The van der Waals surface area contributed by atoms with Gasteiger partial charge in [-0.2, -0.15) is 5.26 Å². The second-order valence-electron chi connectivity index (χ2n) is 3.30. The van der Waals surface area contributed by atoms with Gasteiger partial charge in [0, 0.05) is 5.33 Å². The van der Waals surface area contributed by atoms with E-state index in [4.69, 9.17) is 5.26 Å². The molecule has 0 atom stereocenters. The third kappa shape index (κ3) is 4.80. The summed E-state index contributed by atoms with van der Waals surface area (Å²) in [6, 6.07) is 9.91. The fourth-order valence-electron chi connectivity index (χ4n) is 1.29. The lowest BCUT2D eigenvalue weighted by Crippen LogP contribution is -1.83. The molecule has 0 aliphatic rings. The third-order valence-electron chi connectivity index (χ3n) is 2.13. The first-order valence-electron chi connectivity index (χ1n) is 5.07. The van der Waals surface area contributed by atoms with E-state index in [0.717, 1.165) is 30.2 Å². The lowest BCUT2D eigenvalue weighted by molar-refractivity contribution is 0.993. The normalized spacial score (nSPS) is 10.4. The van der Waals surface area contributed by atoms with Crippen LogP contribution in [0.1, 0.15) is 24.0 Å². The zero-order chi connectivity index (χ0) is 10.9. The summed E-state index contributed by atoms with van der Waals surface area (Å²) >= 11 is 3.38. The summed E-state index contributed by atoms with van der Waals surface area (Å²) in [4.78, 5) is 0. The van der Waals surface area contributed by atoms with Gasteiger partial charge in [-0.05, 0) is 37.0 Å². The van der Waals surface area contributed by atoms with Crippen LogP contribution in [0, 0.1) is 11.3 Å². The predicted molar refractivity (Wildman–Crippen MR) is 67.0 cm³/mol. The van der Waals surface area contributed by atoms with Crippen LogP contribution < -0.4 is 0 Å². The first kappa shape index (κ1) is 12.0. The van der Waals surface area contributed by atoms with Gasteiger partial charge < -0.3 is 0 Å². The van der Waals surface area contributed by atoms with Crippen molar-refractivity contribution in [2.45, 2.75) is 19.3 Å². The zero-order valence-corrected chi connectivity index (χ0v) is 10.2. The Morgan fingerprint density at radius 3 is 2.40 bits per heavy atom. The largest absolute Gasteiger partial charge is 0.192 e. The Hall–Kier alpha value is -1.07. The highest BCUT2D eigenvalue weighted by Gasteiger charge is 1.92. The van der Waals surface area contributed by atoms with Crippen molar-refractivity contribution in [1.82, 2.24) is 0 Å². The Morgan fingerprint density at radius 2 is 1.80 bits per heavy atom. The van der Waals surface area contributed by atoms with Gasteiger partial charge in [0.1, 0.15) is 0 Å². The molecule has 0 fully saturated rings. The Bertz CT molecular complexity index is 346. The molecule has 0 saturated carbocycles. The van der Waals surface area contributed by atoms with Crippen molar-refractivity contribution in [1.29, 1.82) is 5.26 Å². The molecule has 0 unspecified atom stereocenters. The molecule has 0 amide bonds. The van der Waals surface area contributed by atoms with E-state index in [1.807, 2.05) is 24.3 Å². The molecule has 1 rings (SSSR count). The highest BCUT2D eigenvalue weighted by Crippen LogP contribution is 2.06. The minimum absolute atomic E-state index is 0.730. The molecule has 0 heterocycles. The van der Waals surface area contributed by atoms with Crippen molar-refractivity contribution in [3.63, 3.8) is 0 Å². The van der Waals surface area contributed by atoms with Crippen LogP contribution in [0.25, 0.3) is 0 Å². The molecule has 0 spiro atoms. The molecule has 15 heavy (non-hydrogen) atoms. The minimum Gasteiger partial charge on any atom is -0.192 e. The van der Waals surface area contributed by atoms with Crippen molar-refractivity contribution in [3.8, 4) is 6.07 Å². The SMILES string of the molecule is N#Cc1ccc(CC/C=C/CCBr)cc1. The molecular weight excluding hydrogens is 250 g/mol. The second-order valence-corrected chi connectivity index (χ2v) is 4.09. The van der Waals surface area contributed by atoms with Crippen LogP contribution in [0.4, 0.5) is 0 Å². The van der Waals surface area contributed by atoms with Gasteiger partial charge in [-0.25, -0.2) is 0 Å². The topological polar surface area (TPSA) is 23.8 Å². The third-order valence-corrected chi connectivity index (χ3v) is 2.58. The number of benzene rings is 1. The van der Waals surface area contributed by atoms with E-state index >= 15 is 0 Å². The summed E-state index contributed by atoms with van der Waals surface area (Å²) in [5, 5.41) is 9.66. The molecule has 1 aromatic carbocycles. The molecule has 0 saturated heterocycles. The average Bonchev–Trinajstić information content (AvgIpc) is 2.30. The van der Waals surface area contributed by atoms with E-state index in [2.05, 4.69) is 34.2 Å².